The monoisotopic (exact) mass is 745 g/mol. The van der Waals surface area contributed by atoms with Gasteiger partial charge in [-0.15, -0.1) is 29.5 Å². The molecular weight excluding hydrogens is 704 g/mol. The molecule has 0 aliphatic carbocycles. The predicted octanol–water partition coefficient (Wildman–Crippen LogP) is 7.82. The molecule has 5 rings (SSSR count). The fraction of sp³-hybridized carbons (Fsp3) is 0.268. The second-order valence-corrected chi connectivity index (χ2v) is 14.8. The summed E-state index contributed by atoms with van der Waals surface area (Å²) in [5.74, 6) is 0.438. The smallest absolute Gasteiger partial charge is 0.384 e. The van der Waals surface area contributed by atoms with Gasteiger partial charge >= 0.3 is 6.18 Å². The molecule has 1 heterocycles. The molecule has 0 saturated carbocycles. The van der Waals surface area contributed by atoms with Gasteiger partial charge in [0.2, 0.25) is 11.8 Å². The van der Waals surface area contributed by atoms with Gasteiger partial charge in [-0.05, 0) is 46.5 Å². The molecular formula is C41H42F3N3O3S2. The van der Waals surface area contributed by atoms with E-state index in [1.807, 2.05) is 111 Å². The second kappa shape index (κ2) is 18.8. The number of benzene rings is 4. The average Bonchev–Trinajstić information content (AvgIpc) is 3.57. The van der Waals surface area contributed by atoms with Crippen LogP contribution in [0.4, 0.5) is 13.2 Å². The Morgan fingerprint density at radius 1 is 0.846 bits per heavy atom. The number of carbonyl (C=O) groups is 2. The van der Waals surface area contributed by atoms with Gasteiger partial charge in [-0.25, -0.2) is 0 Å². The summed E-state index contributed by atoms with van der Waals surface area (Å²) in [7, 11) is 0. The molecule has 4 aromatic carbocycles. The number of terminal acetylenes is 1. The number of hydrogen-bond donors (Lipinski definition) is 4. The van der Waals surface area contributed by atoms with Crippen molar-refractivity contribution in [3.63, 3.8) is 0 Å². The zero-order valence-electron chi connectivity index (χ0n) is 28.8. The molecule has 0 bridgehead atoms. The Morgan fingerprint density at radius 2 is 1.33 bits per heavy atom. The van der Waals surface area contributed by atoms with Crippen molar-refractivity contribution in [2.45, 2.75) is 49.3 Å². The molecule has 0 saturated heterocycles. The van der Waals surface area contributed by atoms with E-state index < -0.39 is 40.9 Å². The summed E-state index contributed by atoms with van der Waals surface area (Å²) >= 11 is 2.47. The Balaban J connectivity index is 0.00000144. The fourth-order valence-corrected chi connectivity index (χ4v) is 8.57. The molecule has 0 spiro atoms. The standard InChI is InChI=1S/C38H38F3N3O2S2.C3H4O/c1-25(2)22-30(43-34(38(39,40)41)33-23-26-14-12-13-21-32(26)48-33)36(46)44-31(35(42)45)24-47-37(27-15-6-3-7-16-27,28-17-8-4-9-18-28)29-19-10-5-11-20-29;1-2-3-4/h3-21,23,25,30-31,34,43H,22,24H2,1-2H3,(H2,42,45)(H,44,46);1,4H,3H2. The second-order valence-electron chi connectivity index (χ2n) is 12.4. The third-order valence-corrected chi connectivity index (χ3v) is 11.0. The van der Waals surface area contributed by atoms with Crippen LogP contribution in [0.15, 0.2) is 121 Å². The van der Waals surface area contributed by atoms with Crippen molar-refractivity contribution in [3.8, 4) is 12.3 Å². The highest BCUT2D eigenvalue weighted by Crippen LogP contribution is 2.48. The molecule has 5 aromatic rings. The molecule has 3 unspecified atom stereocenters. The Kier molecular flexibility index (Phi) is 14.5. The van der Waals surface area contributed by atoms with Gasteiger partial charge in [0.25, 0.3) is 0 Å². The van der Waals surface area contributed by atoms with Crippen LogP contribution >= 0.6 is 23.1 Å². The third-order valence-electron chi connectivity index (χ3n) is 8.21. The van der Waals surface area contributed by atoms with E-state index in [9.17, 15) is 22.8 Å². The quantitative estimate of drug-likeness (QED) is 0.0686. The number of thioether (sulfide) groups is 1. The number of nitrogens with two attached hydrogens (primary N) is 1. The summed E-state index contributed by atoms with van der Waals surface area (Å²) in [5, 5.41) is 13.7. The lowest BCUT2D eigenvalue weighted by Gasteiger charge is -2.36. The highest BCUT2D eigenvalue weighted by molar-refractivity contribution is 8.00. The molecule has 0 radical (unpaired) electrons. The Bertz CT molecular complexity index is 1780. The van der Waals surface area contributed by atoms with Crippen molar-refractivity contribution in [2.75, 3.05) is 12.4 Å². The molecule has 2 amide bonds. The normalized spacial score (nSPS) is 13.3. The number of amides is 2. The largest absolute Gasteiger partial charge is 0.408 e. The molecule has 0 aliphatic heterocycles. The molecule has 1 aromatic heterocycles. The minimum atomic E-state index is -4.67. The summed E-state index contributed by atoms with van der Waals surface area (Å²) in [6.07, 6.45) is -0.0279. The highest BCUT2D eigenvalue weighted by atomic mass is 32.2. The number of rotatable bonds is 14. The van der Waals surface area contributed by atoms with Gasteiger partial charge in [0.1, 0.15) is 18.7 Å². The highest BCUT2D eigenvalue weighted by Gasteiger charge is 2.44. The predicted molar refractivity (Wildman–Crippen MR) is 206 cm³/mol. The van der Waals surface area contributed by atoms with Gasteiger partial charge in [0.05, 0.1) is 10.8 Å². The maximum Gasteiger partial charge on any atom is 0.408 e. The van der Waals surface area contributed by atoms with Crippen LogP contribution < -0.4 is 16.4 Å². The molecule has 6 nitrogen and oxygen atoms in total. The van der Waals surface area contributed by atoms with E-state index in [4.69, 9.17) is 10.8 Å². The number of thiophene rings is 1. The lowest BCUT2D eigenvalue weighted by molar-refractivity contribution is -0.160. The van der Waals surface area contributed by atoms with Crippen LogP contribution in [0.2, 0.25) is 0 Å². The summed E-state index contributed by atoms with van der Waals surface area (Å²) in [6, 6.07) is 33.6. The first kappa shape index (κ1) is 40.2. The van der Waals surface area contributed by atoms with Crippen LogP contribution in [0.25, 0.3) is 10.1 Å². The lowest BCUT2D eigenvalue weighted by atomic mass is 9.84. The van der Waals surface area contributed by atoms with Crippen LogP contribution in [0, 0.1) is 18.3 Å². The van der Waals surface area contributed by atoms with Gasteiger partial charge < -0.3 is 16.2 Å². The topological polar surface area (TPSA) is 104 Å². The first-order valence-corrected chi connectivity index (χ1v) is 18.5. The van der Waals surface area contributed by atoms with Gasteiger partial charge in [-0.1, -0.05) is 129 Å². The summed E-state index contributed by atoms with van der Waals surface area (Å²) in [5.41, 5.74) is 8.74. The van der Waals surface area contributed by atoms with E-state index in [0.717, 1.165) is 32.7 Å². The zero-order valence-corrected chi connectivity index (χ0v) is 30.5. The average molecular weight is 746 g/mol. The van der Waals surface area contributed by atoms with Crippen molar-refractivity contribution in [1.82, 2.24) is 10.6 Å². The zero-order chi connectivity index (χ0) is 37.7. The van der Waals surface area contributed by atoms with Crippen molar-refractivity contribution in [1.29, 1.82) is 0 Å². The molecule has 0 aliphatic rings. The molecule has 5 N–H and O–H groups in total. The van der Waals surface area contributed by atoms with Crippen LogP contribution in [0.3, 0.4) is 0 Å². The number of primary amides is 1. The van der Waals surface area contributed by atoms with Crippen molar-refractivity contribution in [2.24, 2.45) is 11.7 Å². The first-order valence-electron chi connectivity index (χ1n) is 16.7. The Labute approximate surface area is 311 Å². The summed E-state index contributed by atoms with van der Waals surface area (Å²) < 4.78 is 43.6. The fourth-order valence-electron chi connectivity index (χ4n) is 5.85. The van der Waals surface area contributed by atoms with E-state index in [1.165, 1.54) is 17.8 Å². The van der Waals surface area contributed by atoms with E-state index in [2.05, 4.69) is 17.1 Å². The number of nitrogens with one attached hydrogen (secondary N) is 2. The molecule has 11 heteroatoms. The van der Waals surface area contributed by atoms with Gasteiger partial charge in [0.15, 0.2) is 0 Å². The number of halogens is 3. The van der Waals surface area contributed by atoms with E-state index >= 15 is 0 Å². The number of fused-ring (bicyclic) bond motifs is 1. The van der Waals surface area contributed by atoms with Crippen LogP contribution in [-0.2, 0) is 14.3 Å². The van der Waals surface area contributed by atoms with E-state index in [1.54, 1.807) is 24.3 Å². The number of aliphatic hydroxyl groups excluding tert-OH is 1. The number of aliphatic hydroxyl groups is 1. The van der Waals surface area contributed by atoms with Crippen molar-refractivity contribution >= 4 is 45.0 Å². The molecule has 0 fully saturated rings. The molecule has 272 valence electrons. The molecule has 3 atom stereocenters. The van der Waals surface area contributed by atoms with Gasteiger partial charge in [0, 0.05) is 15.3 Å². The number of carbonyl (C=O) groups excluding carboxylic acids is 2. The summed E-state index contributed by atoms with van der Waals surface area (Å²) in [6.45, 7) is 3.51. The minimum absolute atomic E-state index is 0.0608. The van der Waals surface area contributed by atoms with E-state index in [0.29, 0.717) is 5.39 Å². The van der Waals surface area contributed by atoms with Crippen LogP contribution in [0.1, 0.15) is 47.9 Å². The Morgan fingerprint density at radius 3 is 1.75 bits per heavy atom. The summed E-state index contributed by atoms with van der Waals surface area (Å²) in [4.78, 5) is 26.8. The van der Waals surface area contributed by atoms with Crippen LogP contribution in [-0.4, -0.2) is 47.5 Å². The maximum atomic E-state index is 14.6. The maximum absolute atomic E-state index is 14.6. The number of alkyl halides is 3. The Hall–Kier alpha value is -4.60. The minimum Gasteiger partial charge on any atom is -0.384 e. The van der Waals surface area contributed by atoms with Gasteiger partial charge in [-0.2, -0.15) is 13.2 Å². The van der Waals surface area contributed by atoms with Crippen molar-refractivity contribution in [3.05, 3.63) is 143 Å². The number of hydrogen-bond acceptors (Lipinski definition) is 6. The SMILES string of the molecule is C#CCO.CC(C)CC(NC(c1cc2ccccc2s1)C(F)(F)F)C(=O)NC(CSC(c1ccccc1)(c1ccccc1)c1ccccc1)C(N)=O. The van der Waals surface area contributed by atoms with Crippen LogP contribution in [0.5, 0.6) is 0 Å². The van der Waals surface area contributed by atoms with E-state index in [-0.39, 0.29) is 29.6 Å². The molecule has 52 heavy (non-hydrogen) atoms. The van der Waals surface area contributed by atoms with Gasteiger partial charge in [-0.3, -0.25) is 14.9 Å². The lowest BCUT2D eigenvalue weighted by Crippen LogP contribution is -2.55. The first-order chi connectivity index (χ1) is 24.9. The third kappa shape index (κ3) is 10.3. The van der Waals surface area contributed by atoms with Crippen molar-refractivity contribution < 1.29 is 27.9 Å².